The van der Waals surface area contributed by atoms with Gasteiger partial charge in [-0.25, -0.2) is 9.97 Å². The highest BCUT2D eigenvalue weighted by molar-refractivity contribution is 6.90. The zero-order valence-electron chi connectivity index (χ0n) is 18.7. The van der Waals surface area contributed by atoms with Crippen LogP contribution in [-0.2, 0) is 11.3 Å². The van der Waals surface area contributed by atoms with Gasteiger partial charge in [-0.15, -0.1) is 0 Å². The number of carbonyl (C=O) groups is 2. The molecule has 3 unspecified atom stereocenters. The summed E-state index contributed by atoms with van der Waals surface area (Å²) in [6.07, 6.45) is 5.31. The van der Waals surface area contributed by atoms with E-state index in [1.54, 1.807) is 24.2 Å². The van der Waals surface area contributed by atoms with Crippen molar-refractivity contribution in [3.05, 3.63) is 35.7 Å². The first kappa shape index (κ1) is 20.8. The molecule has 5 rings (SSSR count). The third-order valence-electron chi connectivity index (χ3n) is 6.78. The van der Waals surface area contributed by atoms with E-state index >= 15 is 0 Å². The van der Waals surface area contributed by atoms with Crippen LogP contribution in [0.2, 0.25) is 0 Å². The summed E-state index contributed by atoms with van der Waals surface area (Å²) in [4.78, 5) is 40.7. The highest BCUT2D eigenvalue weighted by Gasteiger charge is 2.61. The summed E-state index contributed by atoms with van der Waals surface area (Å²) in [6.45, 7) is 7.39. The minimum absolute atomic E-state index is 0.0379. The fourth-order valence-electron chi connectivity index (χ4n) is 5.02. The van der Waals surface area contributed by atoms with Gasteiger partial charge < -0.3 is 4.90 Å². The molecule has 0 bridgehead atoms. The van der Waals surface area contributed by atoms with Gasteiger partial charge in [0.2, 0.25) is 5.91 Å². The lowest BCUT2D eigenvalue weighted by molar-refractivity contribution is -0.132. The largest absolute Gasteiger partial charge is 0.344 e. The number of amides is 1. The second-order valence-electron chi connectivity index (χ2n) is 9.21. The van der Waals surface area contributed by atoms with Gasteiger partial charge in [0.1, 0.15) is 18.1 Å². The Kier molecular flexibility index (Phi) is 4.72. The molecule has 0 spiro atoms. The summed E-state index contributed by atoms with van der Waals surface area (Å²) < 4.78 is 1.61. The Morgan fingerprint density at radius 1 is 1.25 bits per heavy atom. The molecule has 3 aromatic rings. The van der Waals surface area contributed by atoms with Gasteiger partial charge in [0.25, 0.3) is 0 Å². The lowest BCUT2D eigenvalue weighted by Gasteiger charge is -2.27. The van der Waals surface area contributed by atoms with Crippen LogP contribution in [-0.4, -0.2) is 68.2 Å². The number of Topliss-reactive ketones (excluding diaryl/α,β-unsaturated/α-hetero) is 1. The van der Waals surface area contributed by atoms with Crippen molar-refractivity contribution in [3.8, 4) is 11.3 Å². The van der Waals surface area contributed by atoms with Crippen molar-refractivity contribution in [2.75, 3.05) is 0 Å². The molecule has 0 aromatic carbocycles. The van der Waals surface area contributed by atoms with E-state index in [1.165, 1.54) is 6.92 Å². The molecule has 3 radical (unpaired) electrons. The number of aromatic nitrogens is 5. The fourth-order valence-corrected chi connectivity index (χ4v) is 5.02. The third-order valence-corrected chi connectivity index (χ3v) is 6.78. The average molecular weight is 425 g/mol. The Hall–Kier alpha value is -3.03. The van der Waals surface area contributed by atoms with Gasteiger partial charge in [-0.1, -0.05) is 6.92 Å². The molecule has 32 heavy (non-hydrogen) atoms. The Morgan fingerprint density at radius 2 is 1.97 bits per heavy atom. The van der Waals surface area contributed by atoms with E-state index in [9.17, 15) is 9.59 Å². The van der Waals surface area contributed by atoms with E-state index < -0.39 is 0 Å². The molecule has 2 aliphatic rings. The Balaban J connectivity index is 1.55. The van der Waals surface area contributed by atoms with E-state index in [-0.39, 0.29) is 35.6 Å². The molecule has 1 amide bonds. The quantitative estimate of drug-likeness (QED) is 0.458. The molecular weight excluding hydrogens is 402 g/mol. The van der Waals surface area contributed by atoms with Gasteiger partial charge in [-0.2, -0.15) is 5.10 Å². The second kappa shape index (κ2) is 7.25. The molecule has 1 saturated carbocycles. The van der Waals surface area contributed by atoms with Crippen molar-refractivity contribution < 1.29 is 9.59 Å². The highest BCUT2D eigenvalue weighted by Crippen LogP contribution is 2.58. The summed E-state index contributed by atoms with van der Waals surface area (Å²) in [7, 11) is 7.44. The molecule has 3 atom stereocenters. The Morgan fingerprint density at radius 3 is 2.62 bits per heavy atom. The van der Waals surface area contributed by atoms with Crippen LogP contribution in [0.3, 0.4) is 0 Å². The molecule has 0 N–H and O–H groups in total. The van der Waals surface area contributed by atoms with E-state index in [4.69, 9.17) is 12.7 Å². The number of piperidine rings is 1. The van der Waals surface area contributed by atoms with E-state index in [0.717, 1.165) is 18.4 Å². The van der Waals surface area contributed by atoms with Crippen LogP contribution >= 0.6 is 0 Å². The highest BCUT2D eigenvalue weighted by atomic mass is 16.2. The standard InChI is InChI=1S/C22H23B2N6O2/c1-11-21-15(5-16(27-11)14-8-25-13(3)26-9-14)20(12(2)31)28-29(21)10-19(32)30-17-6-22(17,4)7-18(30)24-23/h5,8-9,17-18H,6-7,10H2,1-4H3. The minimum atomic E-state index is -0.165. The Labute approximate surface area is 188 Å². The first-order valence-electron chi connectivity index (χ1n) is 10.8. The first-order chi connectivity index (χ1) is 15.2. The molecule has 1 saturated heterocycles. The van der Waals surface area contributed by atoms with Gasteiger partial charge in [-0.3, -0.25) is 19.3 Å². The number of pyridine rings is 1. The molecule has 4 heterocycles. The van der Waals surface area contributed by atoms with Crippen molar-refractivity contribution in [1.82, 2.24) is 29.6 Å². The molecule has 2 fully saturated rings. The monoisotopic (exact) mass is 425 g/mol. The van der Waals surface area contributed by atoms with Gasteiger partial charge in [0.15, 0.2) is 5.78 Å². The van der Waals surface area contributed by atoms with Crippen LogP contribution in [0, 0.1) is 19.3 Å². The van der Waals surface area contributed by atoms with Crippen LogP contribution in [0.1, 0.15) is 48.7 Å². The fraction of sp³-hybridized carbons (Fsp3) is 0.455. The van der Waals surface area contributed by atoms with Crippen molar-refractivity contribution >= 4 is 37.5 Å². The SMILES string of the molecule is [B][B]C1CC2(C)CC2N1C(=O)Cn1nc(C(C)=O)c2cc(-c3cnc(C)nc3)nc(C)c21. The molecule has 3 aromatic heterocycles. The zero-order chi connectivity index (χ0) is 22.8. The van der Waals surface area contributed by atoms with E-state index in [1.807, 2.05) is 24.8 Å². The van der Waals surface area contributed by atoms with Crippen molar-refractivity contribution in [1.29, 1.82) is 0 Å². The summed E-state index contributed by atoms with van der Waals surface area (Å²) in [5.74, 6) is 0.400. The maximum Gasteiger partial charge on any atom is 0.244 e. The molecule has 1 aliphatic heterocycles. The summed E-state index contributed by atoms with van der Waals surface area (Å²) in [5.41, 5.74) is 3.28. The molecule has 1 aliphatic carbocycles. The van der Waals surface area contributed by atoms with Crippen molar-refractivity contribution in [2.24, 2.45) is 5.41 Å². The molecular formula is C22H23B2N6O2. The first-order valence-corrected chi connectivity index (χ1v) is 10.8. The topological polar surface area (TPSA) is 93.9 Å². The predicted octanol–water partition coefficient (Wildman–Crippen LogP) is 1.83. The maximum absolute atomic E-state index is 13.3. The number of fused-ring (bicyclic) bond motifs is 2. The van der Waals surface area contributed by atoms with Crippen LogP contribution < -0.4 is 0 Å². The lowest BCUT2D eigenvalue weighted by Crippen LogP contribution is -2.43. The summed E-state index contributed by atoms with van der Waals surface area (Å²) >= 11 is 0. The summed E-state index contributed by atoms with van der Waals surface area (Å²) in [6, 6.07) is 2.05. The van der Waals surface area contributed by atoms with E-state index in [2.05, 4.69) is 22.0 Å². The molecule has 10 heteroatoms. The number of likely N-dealkylation sites (tertiary alicyclic amines) is 1. The number of nitrogens with zero attached hydrogens (tertiary/aromatic N) is 6. The molecule has 8 nitrogen and oxygen atoms in total. The number of hydrogen-bond acceptors (Lipinski definition) is 6. The average Bonchev–Trinajstić information content (AvgIpc) is 3.11. The van der Waals surface area contributed by atoms with Crippen molar-refractivity contribution in [2.45, 2.75) is 59.1 Å². The number of hydrogen-bond donors (Lipinski definition) is 0. The smallest absolute Gasteiger partial charge is 0.244 e. The normalized spacial score (nSPS) is 23.9. The predicted molar refractivity (Wildman–Crippen MR) is 121 cm³/mol. The van der Waals surface area contributed by atoms with Gasteiger partial charge in [0, 0.05) is 44.0 Å². The van der Waals surface area contributed by atoms with E-state index in [0.29, 0.717) is 33.8 Å². The number of rotatable bonds is 5. The zero-order valence-corrected chi connectivity index (χ0v) is 18.7. The number of ketones is 1. The van der Waals surface area contributed by atoms with Crippen molar-refractivity contribution in [3.63, 3.8) is 0 Å². The second-order valence-corrected chi connectivity index (χ2v) is 9.21. The van der Waals surface area contributed by atoms with Gasteiger partial charge in [-0.05, 0) is 44.1 Å². The Bertz CT molecular complexity index is 1260. The van der Waals surface area contributed by atoms with Crippen LogP contribution in [0.4, 0.5) is 0 Å². The van der Waals surface area contributed by atoms with Crippen LogP contribution in [0.25, 0.3) is 22.2 Å². The number of carbonyl (C=O) groups excluding carboxylic acids is 2. The van der Waals surface area contributed by atoms with Crippen LogP contribution in [0.15, 0.2) is 18.5 Å². The lowest BCUT2D eigenvalue weighted by atomic mass is 9.49. The maximum atomic E-state index is 13.3. The molecule has 159 valence electrons. The number of aryl methyl sites for hydroxylation is 2. The summed E-state index contributed by atoms with van der Waals surface area (Å²) in [5, 5.41) is 5.20. The van der Waals surface area contributed by atoms with Gasteiger partial charge >= 0.3 is 0 Å². The van der Waals surface area contributed by atoms with Gasteiger partial charge in [0.05, 0.1) is 24.1 Å². The minimum Gasteiger partial charge on any atom is -0.344 e. The van der Waals surface area contributed by atoms with Crippen LogP contribution in [0.5, 0.6) is 0 Å². The third kappa shape index (κ3) is 3.24.